The average molecular weight is 362 g/mol. The second-order valence-corrected chi connectivity index (χ2v) is 8.65. The number of benzene rings is 1. The summed E-state index contributed by atoms with van der Waals surface area (Å²) in [5, 5.41) is 3.43. The van der Waals surface area contributed by atoms with Gasteiger partial charge >= 0.3 is 0 Å². The Labute approximate surface area is 160 Å². The third-order valence-corrected chi connectivity index (χ3v) is 6.84. The highest BCUT2D eigenvalue weighted by molar-refractivity contribution is 6.08. The van der Waals surface area contributed by atoms with Crippen LogP contribution < -0.4 is 5.32 Å². The molecule has 2 aromatic rings. The summed E-state index contributed by atoms with van der Waals surface area (Å²) >= 11 is 0. The van der Waals surface area contributed by atoms with Gasteiger partial charge in [-0.25, -0.2) is 0 Å². The zero-order chi connectivity index (χ0) is 18.6. The molecular weight excluding hydrogens is 336 g/mol. The zero-order valence-electron chi connectivity index (χ0n) is 15.8. The Bertz CT molecular complexity index is 878. The summed E-state index contributed by atoms with van der Waals surface area (Å²) in [7, 11) is 0. The summed E-state index contributed by atoms with van der Waals surface area (Å²) in [6, 6.07) is 13.2. The predicted molar refractivity (Wildman–Crippen MR) is 104 cm³/mol. The first-order chi connectivity index (χ1) is 13.1. The lowest BCUT2D eigenvalue weighted by molar-refractivity contribution is -0.124. The van der Waals surface area contributed by atoms with Crippen molar-refractivity contribution in [1.82, 2.24) is 9.88 Å². The Morgan fingerprint density at radius 1 is 0.963 bits per heavy atom. The highest BCUT2D eigenvalue weighted by atomic mass is 16.2. The van der Waals surface area contributed by atoms with Crippen molar-refractivity contribution in [3.8, 4) is 0 Å². The fourth-order valence-corrected chi connectivity index (χ4v) is 4.90. The molecule has 1 aromatic carbocycles. The minimum Gasteiger partial charge on any atom is -0.350 e. The molecule has 2 fully saturated rings. The van der Waals surface area contributed by atoms with Crippen LogP contribution >= 0.6 is 0 Å². The van der Waals surface area contributed by atoms with Gasteiger partial charge in [0.05, 0.1) is 11.6 Å². The smallest absolute Gasteiger partial charge is 0.229 e. The van der Waals surface area contributed by atoms with Crippen LogP contribution in [0.2, 0.25) is 0 Å². The number of fused-ring (bicyclic) bond motifs is 1. The number of nitrogens with one attached hydrogen (secondary N) is 1. The number of carbonyl (C=O) groups is 2. The van der Waals surface area contributed by atoms with E-state index in [1.165, 1.54) is 25.7 Å². The van der Waals surface area contributed by atoms with Crippen molar-refractivity contribution in [3.05, 3.63) is 59.4 Å². The van der Waals surface area contributed by atoms with Gasteiger partial charge in [-0.15, -0.1) is 0 Å². The number of hydrogen-bond acceptors (Lipinski definition) is 2. The summed E-state index contributed by atoms with van der Waals surface area (Å²) < 4.78 is 2.05. The molecule has 1 atom stereocenters. The van der Waals surface area contributed by atoms with Gasteiger partial charge in [0.2, 0.25) is 11.7 Å². The van der Waals surface area contributed by atoms with E-state index in [4.69, 9.17) is 0 Å². The summed E-state index contributed by atoms with van der Waals surface area (Å²) in [4.78, 5) is 26.0. The topological polar surface area (TPSA) is 51.1 Å². The lowest BCUT2D eigenvalue weighted by atomic mass is 9.88. The van der Waals surface area contributed by atoms with Crippen molar-refractivity contribution in [1.29, 1.82) is 0 Å². The molecule has 1 amide bonds. The third-order valence-electron chi connectivity index (χ3n) is 6.84. The Morgan fingerprint density at radius 2 is 1.63 bits per heavy atom. The van der Waals surface area contributed by atoms with Gasteiger partial charge in [-0.3, -0.25) is 9.59 Å². The quantitative estimate of drug-likeness (QED) is 0.793. The Morgan fingerprint density at radius 3 is 2.26 bits per heavy atom. The van der Waals surface area contributed by atoms with E-state index in [1.807, 2.05) is 47.0 Å². The van der Waals surface area contributed by atoms with Crippen LogP contribution in [0.5, 0.6) is 0 Å². The molecule has 0 spiro atoms. The molecule has 3 aliphatic rings. The van der Waals surface area contributed by atoms with E-state index in [0.29, 0.717) is 23.1 Å². The summed E-state index contributed by atoms with van der Waals surface area (Å²) in [6.45, 7) is 2.98. The Kier molecular flexibility index (Phi) is 3.78. The second-order valence-electron chi connectivity index (χ2n) is 8.65. The molecule has 2 saturated carbocycles. The predicted octanol–water partition coefficient (Wildman–Crippen LogP) is 3.90. The maximum atomic E-state index is 13.1. The summed E-state index contributed by atoms with van der Waals surface area (Å²) in [5.74, 6) is 1.34. The molecule has 0 radical (unpaired) electrons. The first-order valence-electron chi connectivity index (χ1n) is 10.2. The molecule has 4 nitrogen and oxygen atoms in total. The van der Waals surface area contributed by atoms with Gasteiger partial charge in [0.25, 0.3) is 0 Å². The lowest BCUT2D eigenvalue weighted by Crippen LogP contribution is -2.51. The molecule has 27 heavy (non-hydrogen) atoms. The number of nitrogens with zero attached hydrogens (tertiary/aromatic N) is 1. The van der Waals surface area contributed by atoms with Crippen LogP contribution in [0.4, 0.5) is 0 Å². The fourth-order valence-electron chi connectivity index (χ4n) is 4.90. The number of amides is 1. The molecule has 1 N–H and O–H groups in total. The third kappa shape index (κ3) is 2.82. The number of ketones is 1. The first-order valence-corrected chi connectivity index (χ1v) is 10.2. The highest BCUT2D eigenvalue weighted by Gasteiger charge is 2.52. The van der Waals surface area contributed by atoms with E-state index in [0.717, 1.165) is 18.7 Å². The summed E-state index contributed by atoms with van der Waals surface area (Å²) in [6.07, 6.45) is 5.74. The van der Waals surface area contributed by atoms with Crippen LogP contribution in [0.1, 0.15) is 66.7 Å². The molecule has 2 aliphatic carbocycles. The molecule has 0 bridgehead atoms. The molecular formula is C23H26N2O2. The van der Waals surface area contributed by atoms with E-state index in [9.17, 15) is 9.59 Å². The molecule has 5 rings (SSSR count). The molecule has 4 heteroatoms. The van der Waals surface area contributed by atoms with Gasteiger partial charge in [0.1, 0.15) is 0 Å². The number of aromatic nitrogens is 1. The maximum Gasteiger partial charge on any atom is 0.229 e. The van der Waals surface area contributed by atoms with Gasteiger partial charge in [0, 0.05) is 23.3 Å². The van der Waals surface area contributed by atoms with Crippen LogP contribution in [0.25, 0.3) is 0 Å². The van der Waals surface area contributed by atoms with Gasteiger partial charge in [0.15, 0.2) is 0 Å². The molecule has 1 aromatic heterocycles. The van der Waals surface area contributed by atoms with Crippen LogP contribution in [-0.2, 0) is 11.3 Å². The van der Waals surface area contributed by atoms with Crippen molar-refractivity contribution in [2.24, 2.45) is 11.8 Å². The minimum atomic E-state index is -0.140. The van der Waals surface area contributed by atoms with Gasteiger partial charge < -0.3 is 9.88 Å². The largest absolute Gasteiger partial charge is 0.350 e. The SMILES string of the molecule is CC(NC(=O)C1CCn2c(C(=O)c3ccccc3)ccc21)(C1CC1)C1CC1. The van der Waals surface area contributed by atoms with E-state index in [2.05, 4.69) is 12.2 Å². The van der Waals surface area contributed by atoms with E-state index < -0.39 is 0 Å². The van der Waals surface area contributed by atoms with Gasteiger partial charge in [-0.1, -0.05) is 30.3 Å². The van der Waals surface area contributed by atoms with Crippen molar-refractivity contribution >= 4 is 11.7 Å². The molecule has 140 valence electrons. The number of carbonyl (C=O) groups excluding carboxylic acids is 2. The number of rotatable bonds is 6. The highest BCUT2D eigenvalue weighted by Crippen LogP contribution is 2.52. The average Bonchev–Trinajstić information content (AvgIpc) is 3.59. The fraction of sp³-hybridized carbons (Fsp3) is 0.478. The molecule has 0 saturated heterocycles. The number of hydrogen-bond donors (Lipinski definition) is 1. The molecule has 1 unspecified atom stereocenters. The standard InChI is InChI=1S/C23H26N2O2/c1-23(16-7-8-16,17-9-10-17)24-22(27)18-13-14-25-19(18)11-12-20(25)21(26)15-5-3-2-4-6-15/h2-6,11-12,16-18H,7-10,13-14H2,1H3,(H,24,27). The van der Waals surface area contributed by atoms with Crippen molar-refractivity contribution in [3.63, 3.8) is 0 Å². The second kappa shape index (κ2) is 6.08. The zero-order valence-corrected chi connectivity index (χ0v) is 15.8. The minimum absolute atomic E-state index is 0.0280. The van der Waals surface area contributed by atoms with Crippen LogP contribution in [-0.4, -0.2) is 21.8 Å². The monoisotopic (exact) mass is 362 g/mol. The van der Waals surface area contributed by atoms with Crippen molar-refractivity contribution in [2.75, 3.05) is 0 Å². The summed E-state index contributed by atoms with van der Waals surface area (Å²) in [5.41, 5.74) is 2.35. The van der Waals surface area contributed by atoms with Crippen LogP contribution in [0.3, 0.4) is 0 Å². The lowest BCUT2D eigenvalue weighted by Gasteiger charge is -2.32. The van der Waals surface area contributed by atoms with Crippen molar-refractivity contribution in [2.45, 2.75) is 57.0 Å². The molecule has 1 aliphatic heterocycles. The van der Waals surface area contributed by atoms with Crippen molar-refractivity contribution < 1.29 is 9.59 Å². The first kappa shape index (κ1) is 16.8. The molecule has 2 heterocycles. The van der Waals surface area contributed by atoms with Gasteiger partial charge in [-0.2, -0.15) is 0 Å². The van der Waals surface area contributed by atoms with E-state index >= 15 is 0 Å². The normalized spacial score (nSPS) is 21.7. The maximum absolute atomic E-state index is 13.1. The van der Waals surface area contributed by atoms with E-state index in [-0.39, 0.29) is 23.1 Å². The Hall–Kier alpha value is -2.36. The van der Waals surface area contributed by atoms with Crippen LogP contribution in [0, 0.1) is 11.8 Å². The Balaban J connectivity index is 1.37. The van der Waals surface area contributed by atoms with Crippen LogP contribution in [0.15, 0.2) is 42.5 Å². The van der Waals surface area contributed by atoms with E-state index in [1.54, 1.807) is 0 Å². The van der Waals surface area contributed by atoms with Gasteiger partial charge in [-0.05, 0) is 63.0 Å².